The van der Waals surface area contributed by atoms with Crippen LogP contribution in [0.5, 0.6) is 0 Å². The molecule has 1 saturated carbocycles. The van der Waals surface area contributed by atoms with Crippen molar-refractivity contribution in [2.75, 3.05) is 6.54 Å². The normalized spacial score (nSPS) is 15.8. The highest BCUT2D eigenvalue weighted by molar-refractivity contribution is 7.89. The molecule has 5 nitrogen and oxygen atoms in total. The van der Waals surface area contributed by atoms with E-state index in [-0.39, 0.29) is 6.04 Å². The fourth-order valence-electron chi connectivity index (χ4n) is 2.87. The molecule has 1 atom stereocenters. The van der Waals surface area contributed by atoms with Gasteiger partial charge >= 0.3 is 6.18 Å². The van der Waals surface area contributed by atoms with Gasteiger partial charge in [0.15, 0.2) is 0 Å². The van der Waals surface area contributed by atoms with Gasteiger partial charge in [0.2, 0.25) is 15.9 Å². The lowest BCUT2D eigenvalue weighted by Gasteiger charge is -2.19. The molecule has 28 heavy (non-hydrogen) atoms. The Hall–Kier alpha value is -2.39. The van der Waals surface area contributed by atoms with Crippen LogP contribution in [0.1, 0.15) is 30.0 Å². The number of hydrogen-bond donors (Lipinski definition) is 2. The third kappa shape index (κ3) is 5.11. The van der Waals surface area contributed by atoms with Crippen LogP contribution >= 0.6 is 0 Å². The number of halogens is 3. The molecular formula is C19H19F3N2O3S. The number of benzene rings is 2. The van der Waals surface area contributed by atoms with E-state index in [0.717, 1.165) is 36.6 Å². The molecule has 0 radical (unpaired) electrons. The van der Waals surface area contributed by atoms with Crippen LogP contribution < -0.4 is 10.0 Å². The third-order valence-electron chi connectivity index (χ3n) is 4.46. The number of carbonyl (C=O) groups is 1. The minimum Gasteiger partial charge on any atom is -0.348 e. The quantitative estimate of drug-likeness (QED) is 0.733. The van der Waals surface area contributed by atoms with E-state index in [1.807, 2.05) is 30.3 Å². The van der Waals surface area contributed by atoms with Gasteiger partial charge in [0.05, 0.1) is 23.0 Å². The summed E-state index contributed by atoms with van der Waals surface area (Å²) in [5.41, 5.74) is -0.142. The van der Waals surface area contributed by atoms with E-state index in [1.165, 1.54) is 0 Å². The predicted molar refractivity (Wildman–Crippen MR) is 96.7 cm³/mol. The Morgan fingerprint density at radius 1 is 1.07 bits per heavy atom. The number of hydrogen-bond acceptors (Lipinski definition) is 3. The van der Waals surface area contributed by atoms with Crippen LogP contribution in [0.15, 0.2) is 59.5 Å². The topological polar surface area (TPSA) is 75.3 Å². The van der Waals surface area contributed by atoms with Crippen molar-refractivity contribution in [1.82, 2.24) is 10.0 Å². The fourth-order valence-corrected chi connectivity index (χ4v) is 3.90. The van der Waals surface area contributed by atoms with E-state index < -0.39 is 39.1 Å². The van der Waals surface area contributed by atoms with Crippen molar-refractivity contribution in [2.45, 2.75) is 30.0 Å². The third-order valence-corrected chi connectivity index (χ3v) is 5.86. The van der Waals surface area contributed by atoms with Gasteiger partial charge in [-0.05, 0) is 42.5 Å². The first kappa shape index (κ1) is 20.3. The van der Waals surface area contributed by atoms with Crippen molar-refractivity contribution in [3.05, 3.63) is 65.7 Å². The van der Waals surface area contributed by atoms with Gasteiger partial charge in [0, 0.05) is 0 Å². The Morgan fingerprint density at radius 2 is 1.75 bits per heavy atom. The number of sulfonamides is 1. The minimum atomic E-state index is -4.66. The molecule has 0 bridgehead atoms. The highest BCUT2D eigenvalue weighted by atomic mass is 32.2. The van der Waals surface area contributed by atoms with E-state index in [1.54, 1.807) is 0 Å². The second-order valence-electron chi connectivity index (χ2n) is 6.64. The van der Waals surface area contributed by atoms with Crippen molar-refractivity contribution in [1.29, 1.82) is 0 Å². The number of carbonyl (C=O) groups excluding carboxylic acids is 1. The zero-order valence-electron chi connectivity index (χ0n) is 14.7. The first-order chi connectivity index (χ1) is 13.2. The van der Waals surface area contributed by atoms with Crippen LogP contribution in [0.2, 0.25) is 0 Å². The standard InChI is InChI=1S/C19H19F3N2O3S/c20-19(21,22)15-7-4-8-16(11-15)28(26,27)23-12-17(25)24-18(14-9-10-14)13-5-2-1-3-6-13/h1-8,11,14,18,23H,9-10,12H2,(H,24,25). The second-order valence-corrected chi connectivity index (χ2v) is 8.41. The molecule has 1 amide bonds. The van der Waals surface area contributed by atoms with Gasteiger partial charge in [-0.2, -0.15) is 13.2 Å². The maximum absolute atomic E-state index is 12.8. The Labute approximate surface area is 161 Å². The summed E-state index contributed by atoms with van der Waals surface area (Å²) in [6.45, 7) is -0.561. The van der Waals surface area contributed by atoms with E-state index in [0.29, 0.717) is 12.0 Å². The highest BCUT2D eigenvalue weighted by Crippen LogP contribution is 2.40. The summed E-state index contributed by atoms with van der Waals surface area (Å²) in [7, 11) is -4.25. The first-order valence-corrected chi connectivity index (χ1v) is 10.2. The summed E-state index contributed by atoms with van der Waals surface area (Å²) in [5.74, 6) is -0.247. The monoisotopic (exact) mass is 412 g/mol. The van der Waals surface area contributed by atoms with Crippen LogP contribution in [-0.2, 0) is 21.0 Å². The molecule has 3 rings (SSSR count). The van der Waals surface area contributed by atoms with E-state index in [2.05, 4.69) is 10.0 Å². The van der Waals surface area contributed by atoms with E-state index in [4.69, 9.17) is 0 Å². The second kappa shape index (κ2) is 7.92. The molecule has 1 fully saturated rings. The van der Waals surface area contributed by atoms with Crippen LogP contribution in [0.4, 0.5) is 13.2 Å². The maximum Gasteiger partial charge on any atom is 0.416 e. The molecule has 0 heterocycles. The van der Waals surface area contributed by atoms with Crippen LogP contribution in [0.25, 0.3) is 0 Å². The van der Waals surface area contributed by atoms with Gasteiger partial charge in [-0.15, -0.1) is 0 Å². The van der Waals surface area contributed by atoms with Crippen molar-refractivity contribution in [3.8, 4) is 0 Å². The van der Waals surface area contributed by atoms with Crippen LogP contribution in [0.3, 0.4) is 0 Å². The summed E-state index contributed by atoms with van der Waals surface area (Å²) in [5, 5.41) is 2.81. The van der Waals surface area contributed by atoms with E-state index in [9.17, 15) is 26.4 Å². The summed E-state index contributed by atoms with van der Waals surface area (Å²) < 4.78 is 64.9. The summed E-state index contributed by atoms with van der Waals surface area (Å²) in [4.78, 5) is 11.7. The van der Waals surface area contributed by atoms with Crippen LogP contribution in [-0.4, -0.2) is 20.9 Å². The molecule has 9 heteroatoms. The van der Waals surface area contributed by atoms with Gasteiger partial charge in [-0.25, -0.2) is 13.1 Å². The average Bonchev–Trinajstić information content (AvgIpc) is 3.50. The number of alkyl halides is 3. The van der Waals surface area contributed by atoms with Gasteiger partial charge in [0.25, 0.3) is 0 Å². The van der Waals surface area contributed by atoms with Gasteiger partial charge < -0.3 is 5.32 Å². The lowest BCUT2D eigenvalue weighted by Crippen LogP contribution is -2.39. The van der Waals surface area contributed by atoms with Crippen molar-refractivity contribution >= 4 is 15.9 Å². The molecule has 1 unspecified atom stereocenters. The molecule has 2 aromatic rings. The Balaban J connectivity index is 1.65. The minimum absolute atomic E-state index is 0.216. The largest absolute Gasteiger partial charge is 0.416 e. The van der Waals surface area contributed by atoms with E-state index >= 15 is 0 Å². The zero-order chi connectivity index (χ0) is 20.4. The maximum atomic E-state index is 12.8. The van der Waals surface area contributed by atoms with Crippen molar-refractivity contribution < 1.29 is 26.4 Å². The lowest BCUT2D eigenvalue weighted by molar-refractivity contribution is -0.137. The van der Waals surface area contributed by atoms with Gasteiger partial charge in [-0.3, -0.25) is 4.79 Å². The number of nitrogens with one attached hydrogen (secondary N) is 2. The molecule has 150 valence electrons. The highest BCUT2D eigenvalue weighted by Gasteiger charge is 2.34. The smallest absolute Gasteiger partial charge is 0.348 e. The molecule has 1 aliphatic carbocycles. The van der Waals surface area contributed by atoms with Gasteiger partial charge in [0.1, 0.15) is 0 Å². The zero-order valence-corrected chi connectivity index (χ0v) is 15.6. The summed E-state index contributed by atoms with van der Waals surface area (Å²) >= 11 is 0. The SMILES string of the molecule is O=C(CNS(=O)(=O)c1cccc(C(F)(F)F)c1)NC(c1ccccc1)C1CC1. The lowest BCUT2D eigenvalue weighted by atomic mass is 10.0. The average molecular weight is 412 g/mol. The van der Waals surface area contributed by atoms with Crippen molar-refractivity contribution in [2.24, 2.45) is 5.92 Å². The summed E-state index contributed by atoms with van der Waals surface area (Å²) in [6.07, 6.45) is -2.72. The molecule has 0 spiro atoms. The van der Waals surface area contributed by atoms with Crippen LogP contribution in [0, 0.1) is 5.92 Å². The number of rotatable bonds is 7. The number of amides is 1. The van der Waals surface area contributed by atoms with Gasteiger partial charge in [-0.1, -0.05) is 36.4 Å². The molecule has 2 N–H and O–H groups in total. The Bertz CT molecular complexity index is 942. The Kier molecular flexibility index (Phi) is 5.76. The Morgan fingerprint density at radius 3 is 2.36 bits per heavy atom. The molecular weight excluding hydrogens is 393 g/mol. The predicted octanol–water partition coefficient (Wildman–Crippen LogP) is 3.25. The molecule has 1 aliphatic rings. The molecule has 2 aromatic carbocycles. The summed E-state index contributed by atoms with van der Waals surface area (Å²) in [6, 6.07) is 12.5. The first-order valence-electron chi connectivity index (χ1n) is 8.68. The van der Waals surface area contributed by atoms with Crippen molar-refractivity contribution in [3.63, 3.8) is 0 Å². The fraction of sp³-hybridized carbons (Fsp3) is 0.316. The molecule has 0 aromatic heterocycles. The molecule has 0 saturated heterocycles. The molecule has 0 aliphatic heterocycles.